The largest absolute Gasteiger partial charge is 0.416 e. The Balaban J connectivity index is 1.70. The number of hydrogen-bond acceptors (Lipinski definition) is 3. The quantitative estimate of drug-likeness (QED) is 0.761. The molecule has 1 aliphatic carbocycles. The number of rotatable bonds is 7. The van der Waals surface area contributed by atoms with Crippen molar-refractivity contribution >= 4 is 5.91 Å². The van der Waals surface area contributed by atoms with Crippen LogP contribution in [0.15, 0.2) is 24.3 Å². The third kappa shape index (κ3) is 4.98. The van der Waals surface area contributed by atoms with Crippen molar-refractivity contribution in [2.45, 2.75) is 58.3 Å². The van der Waals surface area contributed by atoms with Gasteiger partial charge in [0.1, 0.15) is 0 Å². The molecule has 1 saturated carbocycles. The molecular formula is C21H27F3N4O. The maximum Gasteiger partial charge on any atom is 0.416 e. The molecule has 29 heavy (non-hydrogen) atoms. The summed E-state index contributed by atoms with van der Waals surface area (Å²) in [5, 5.41) is 7.33. The van der Waals surface area contributed by atoms with Gasteiger partial charge < -0.3 is 5.32 Å². The van der Waals surface area contributed by atoms with Crippen molar-refractivity contribution in [2.24, 2.45) is 0 Å². The second kappa shape index (κ2) is 8.18. The number of alkyl halides is 3. The molecule has 0 saturated heterocycles. The summed E-state index contributed by atoms with van der Waals surface area (Å²) in [6.07, 6.45) is -1.85. The Labute approximate surface area is 168 Å². The predicted molar refractivity (Wildman–Crippen MR) is 105 cm³/mol. The van der Waals surface area contributed by atoms with Crippen LogP contribution in [-0.2, 0) is 17.4 Å². The van der Waals surface area contributed by atoms with Crippen LogP contribution in [0.3, 0.4) is 0 Å². The fourth-order valence-electron chi connectivity index (χ4n) is 3.47. The van der Waals surface area contributed by atoms with Crippen LogP contribution in [0.25, 0.3) is 5.69 Å². The van der Waals surface area contributed by atoms with E-state index in [0.29, 0.717) is 29.7 Å². The van der Waals surface area contributed by atoms with Gasteiger partial charge in [-0.2, -0.15) is 18.3 Å². The van der Waals surface area contributed by atoms with Crippen molar-refractivity contribution in [3.8, 4) is 5.69 Å². The molecule has 1 N–H and O–H groups in total. The number of likely N-dealkylation sites (N-methyl/N-ethyl adjacent to an activating group) is 1. The maximum absolute atomic E-state index is 13.0. The van der Waals surface area contributed by atoms with Crippen LogP contribution in [0.4, 0.5) is 13.2 Å². The molecule has 1 heterocycles. The van der Waals surface area contributed by atoms with Crippen LogP contribution in [0, 0.1) is 13.8 Å². The van der Waals surface area contributed by atoms with Gasteiger partial charge in [-0.1, -0.05) is 6.07 Å². The highest BCUT2D eigenvalue weighted by molar-refractivity contribution is 5.79. The fraction of sp³-hybridized carbons (Fsp3) is 0.524. The highest BCUT2D eigenvalue weighted by Gasteiger charge is 2.31. The first-order valence-electron chi connectivity index (χ1n) is 9.79. The molecular weight excluding hydrogens is 381 g/mol. The van der Waals surface area contributed by atoms with E-state index in [2.05, 4.69) is 29.3 Å². The molecule has 0 bridgehead atoms. The Kier molecular flexibility index (Phi) is 6.03. The first-order valence-corrected chi connectivity index (χ1v) is 9.79. The second-order valence-corrected chi connectivity index (χ2v) is 7.84. The van der Waals surface area contributed by atoms with Gasteiger partial charge in [0.05, 0.1) is 23.4 Å². The Bertz CT molecular complexity index is 887. The van der Waals surface area contributed by atoms with E-state index >= 15 is 0 Å². The summed E-state index contributed by atoms with van der Waals surface area (Å²) in [5.41, 5.74) is 1.64. The van der Waals surface area contributed by atoms with Gasteiger partial charge in [0.2, 0.25) is 5.91 Å². The summed E-state index contributed by atoms with van der Waals surface area (Å²) in [6, 6.07) is 5.91. The predicted octanol–water partition coefficient (Wildman–Crippen LogP) is 3.65. The highest BCUT2D eigenvalue weighted by atomic mass is 19.4. The molecule has 1 fully saturated rings. The Hall–Kier alpha value is -2.35. The van der Waals surface area contributed by atoms with Gasteiger partial charge >= 0.3 is 6.18 Å². The standard InChI is InChI=1S/C21H27F3N4O/c1-13(27(4)17-8-9-17)12-25-20(29)11-19-14(2)26-28(15(19)3)18-7-5-6-16(10-18)21(22,23)24/h5-7,10,13,17H,8-9,11-12H2,1-4H3,(H,25,29). The number of hydrogen-bond donors (Lipinski definition) is 1. The normalized spacial score (nSPS) is 15.6. The minimum absolute atomic E-state index is 0.115. The van der Waals surface area contributed by atoms with Crippen LogP contribution < -0.4 is 5.32 Å². The number of aryl methyl sites for hydroxylation is 1. The van der Waals surface area contributed by atoms with E-state index < -0.39 is 11.7 Å². The lowest BCUT2D eigenvalue weighted by Gasteiger charge is -2.24. The highest BCUT2D eigenvalue weighted by Crippen LogP contribution is 2.31. The zero-order valence-electron chi connectivity index (χ0n) is 17.2. The van der Waals surface area contributed by atoms with Gasteiger partial charge in [0.25, 0.3) is 0 Å². The summed E-state index contributed by atoms with van der Waals surface area (Å²) in [4.78, 5) is 14.7. The molecule has 5 nitrogen and oxygen atoms in total. The third-order valence-electron chi connectivity index (χ3n) is 5.61. The molecule has 1 aromatic heterocycles. The van der Waals surface area contributed by atoms with Gasteiger partial charge in [-0.3, -0.25) is 9.69 Å². The molecule has 0 aliphatic heterocycles. The SMILES string of the molecule is Cc1nn(-c2cccc(C(F)(F)F)c2)c(C)c1CC(=O)NCC(C)N(C)C1CC1. The Morgan fingerprint density at radius 3 is 2.66 bits per heavy atom. The Morgan fingerprint density at radius 1 is 1.34 bits per heavy atom. The first-order chi connectivity index (χ1) is 13.6. The number of halogens is 3. The summed E-state index contributed by atoms with van der Waals surface area (Å²) < 4.78 is 40.5. The number of carbonyl (C=O) groups is 1. The number of amides is 1. The maximum atomic E-state index is 13.0. The van der Waals surface area contributed by atoms with Crippen LogP contribution in [0.1, 0.15) is 42.3 Å². The summed E-state index contributed by atoms with van der Waals surface area (Å²) in [5.74, 6) is -0.115. The van der Waals surface area contributed by atoms with Gasteiger partial charge in [-0.25, -0.2) is 4.68 Å². The molecule has 2 aromatic rings. The molecule has 8 heteroatoms. The fourth-order valence-corrected chi connectivity index (χ4v) is 3.47. The van der Waals surface area contributed by atoms with Crippen LogP contribution in [-0.4, -0.2) is 46.3 Å². The number of carbonyl (C=O) groups excluding carboxylic acids is 1. The monoisotopic (exact) mass is 408 g/mol. The number of benzene rings is 1. The number of aromatic nitrogens is 2. The van der Waals surface area contributed by atoms with Gasteiger partial charge in [-0.05, 0) is 58.9 Å². The first kappa shape index (κ1) is 21.4. The minimum Gasteiger partial charge on any atom is -0.354 e. The van der Waals surface area contributed by atoms with E-state index in [1.807, 2.05) is 0 Å². The molecule has 158 valence electrons. The molecule has 1 amide bonds. The lowest BCUT2D eigenvalue weighted by molar-refractivity contribution is -0.137. The second-order valence-electron chi connectivity index (χ2n) is 7.84. The van der Waals surface area contributed by atoms with Crippen LogP contribution in [0.5, 0.6) is 0 Å². The lowest BCUT2D eigenvalue weighted by Crippen LogP contribution is -2.41. The average molecular weight is 408 g/mol. The average Bonchev–Trinajstić information content (AvgIpc) is 3.47. The molecule has 3 rings (SSSR count). The van der Waals surface area contributed by atoms with Crippen molar-refractivity contribution in [1.29, 1.82) is 0 Å². The van der Waals surface area contributed by atoms with Crippen molar-refractivity contribution in [1.82, 2.24) is 20.0 Å². The smallest absolute Gasteiger partial charge is 0.354 e. The van der Waals surface area contributed by atoms with E-state index in [-0.39, 0.29) is 18.4 Å². The van der Waals surface area contributed by atoms with Crippen molar-refractivity contribution < 1.29 is 18.0 Å². The van der Waals surface area contributed by atoms with Gasteiger partial charge in [0, 0.05) is 29.9 Å². The number of nitrogens with zero attached hydrogens (tertiary/aromatic N) is 3. The molecule has 1 unspecified atom stereocenters. The zero-order chi connectivity index (χ0) is 21.3. The van der Waals surface area contributed by atoms with Crippen LogP contribution >= 0.6 is 0 Å². The van der Waals surface area contributed by atoms with Gasteiger partial charge in [0.15, 0.2) is 0 Å². The van der Waals surface area contributed by atoms with Crippen molar-refractivity contribution in [2.75, 3.05) is 13.6 Å². The van der Waals surface area contributed by atoms with E-state index in [0.717, 1.165) is 17.7 Å². The molecule has 1 aliphatic rings. The van der Waals surface area contributed by atoms with E-state index in [1.165, 1.54) is 23.6 Å². The van der Waals surface area contributed by atoms with E-state index in [4.69, 9.17) is 0 Å². The number of nitrogens with one attached hydrogen (secondary N) is 1. The topological polar surface area (TPSA) is 50.2 Å². The molecule has 1 atom stereocenters. The van der Waals surface area contributed by atoms with E-state index in [1.54, 1.807) is 19.9 Å². The van der Waals surface area contributed by atoms with Crippen molar-refractivity contribution in [3.63, 3.8) is 0 Å². The third-order valence-corrected chi connectivity index (χ3v) is 5.61. The van der Waals surface area contributed by atoms with E-state index in [9.17, 15) is 18.0 Å². The minimum atomic E-state index is -4.42. The molecule has 0 radical (unpaired) electrons. The lowest BCUT2D eigenvalue weighted by atomic mass is 10.1. The molecule has 1 aromatic carbocycles. The molecule has 0 spiro atoms. The zero-order valence-corrected chi connectivity index (χ0v) is 17.2. The van der Waals surface area contributed by atoms with Crippen molar-refractivity contribution in [3.05, 3.63) is 46.8 Å². The van der Waals surface area contributed by atoms with Gasteiger partial charge in [-0.15, -0.1) is 0 Å². The Morgan fingerprint density at radius 2 is 2.03 bits per heavy atom. The van der Waals surface area contributed by atoms with Crippen LogP contribution in [0.2, 0.25) is 0 Å². The summed E-state index contributed by atoms with van der Waals surface area (Å²) in [7, 11) is 2.07. The summed E-state index contributed by atoms with van der Waals surface area (Å²) >= 11 is 0. The summed E-state index contributed by atoms with van der Waals surface area (Å²) in [6.45, 7) is 6.18.